The SMILES string of the molecule is C=CCn1c(Sc2ncnc3sccc23)nc2sc3c(c2c1=O)CCCC3. The lowest BCUT2D eigenvalue weighted by atomic mass is 9.97. The first kappa shape index (κ1) is 17.1. The minimum atomic E-state index is 0.0393. The third-order valence-corrected chi connectivity index (χ3v) is 7.78. The minimum absolute atomic E-state index is 0.0393. The molecule has 4 heterocycles. The molecule has 0 N–H and O–H groups in total. The summed E-state index contributed by atoms with van der Waals surface area (Å²) in [4.78, 5) is 30.1. The van der Waals surface area contributed by atoms with E-state index in [4.69, 9.17) is 4.98 Å². The van der Waals surface area contributed by atoms with Crippen LogP contribution in [0.2, 0.25) is 0 Å². The molecule has 27 heavy (non-hydrogen) atoms. The number of aromatic nitrogens is 4. The molecule has 0 unspecified atom stereocenters. The molecule has 4 aromatic rings. The highest BCUT2D eigenvalue weighted by molar-refractivity contribution is 7.99. The van der Waals surface area contributed by atoms with Gasteiger partial charge in [0.05, 0.1) is 5.39 Å². The Labute approximate surface area is 167 Å². The van der Waals surface area contributed by atoms with Gasteiger partial charge >= 0.3 is 0 Å². The number of aryl methyl sites for hydroxylation is 2. The van der Waals surface area contributed by atoms with Crippen molar-refractivity contribution in [3.05, 3.63) is 51.2 Å². The topological polar surface area (TPSA) is 60.7 Å². The van der Waals surface area contributed by atoms with E-state index in [0.29, 0.717) is 11.7 Å². The van der Waals surface area contributed by atoms with E-state index in [1.807, 2.05) is 11.4 Å². The van der Waals surface area contributed by atoms with E-state index in [0.717, 1.165) is 44.7 Å². The van der Waals surface area contributed by atoms with Gasteiger partial charge in [0.1, 0.15) is 21.0 Å². The van der Waals surface area contributed by atoms with Crippen molar-refractivity contribution in [3.63, 3.8) is 0 Å². The average molecular weight is 413 g/mol. The highest BCUT2D eigenvalue weighted by Crippen LogP contribution is 2.36. The third kappa shape index (κ3) is 2.83. The molecule has 0 atom stereocenters. The van der Waals surface area contributed by atoms with Crippen molar-refractivity contribution in [2.45, 2.75) is 42.4 Å². The van der Waals surface area contributed by atoms with E-state index >= 15 is 0 Å². The van der Waals surface area contributed by atoms with Gasteiger partial charge in [-0.25, -0.2) is 15.0 Å². The summed E-state index contributed by atoms with van der Waals surface area (Å²) in [6, 6.07) is 2.01. The first-order valence-corrected chi connectivity index (χ1v) is 11.3. The quantitative estimate of drug-likeness (QED) is 0.277. The van der Waals surface area contributed by atoms with E-state index in [1.165, 1.54) is 28.6 Å². The predicted molar refractivity (Wildman–Crippen MR) is 112 cm³/mol. The predicted octanol–water partition coefficient (Wildman–Crippen LogP) is 4.68. The van der Waals surface area contributed by atoms with Gasteiger partial charge in [-0.15, -0.1) is 29.3 Å². The number of hydrogen-bond donors (Lipinski definition) is 0. The third-order valence-electron chi connectivity index (χ3n) is 4.76. The Morgan fingerprint density at radius 3 is 3.04 bits per heavy atom. The molecule has 0 aromatic carbocycles. The lowest BCUT2D eigenvalue weighted by Crippen LogP contribution is -2.23. The summed E-state index contributed by atoms with van der Waals surface area (Å²) in [5.74, 6) is 0. The Balaban J connectivity index is 1.71. The fourth-order valence-corrected chi connectivity index (χ4v) is 6.58. The first-order chi connectivity index (χ1) is 13.3. The monoisotopic (exact) mass is 412 g/mol. The molecular formula is C19H16N4OS3. The normalized spacial score (nSPS) is 13.9. The molecule has 1 aliphatic rings. The lowest BCUT2D eigenvalue weighted by Gasteiger charge is -2.12. The summed E-state index contributed by atoms with van der Waals surface area (Å²) in [6.07, 6.45) is 7.69. The number of nitrogens with zero attached hydrogens (tertiary/aromatic N) is 4. The Morgan fingerprint density at radius 1 is 1.26 bits per heavy atom. The zero-order valence-corrected chi connectivity index (χ0v) is 16.9. The van der Waals surface area contributed by atoms with E-state index < -0.39 is 0 Å². The van der Waals surface area contributed by atoms with Gasteiger partial charge in [-0.2, -0.15) is 0 Å². The van der Waals surface area contributed by atoms with Crippen LogP contribution in [0, 0.1) is 0 Å². The summed E-state index contributed by atoms with van der Waals surface area (Å²) in [5.41, 5.74) is 1.26. The Kier molecular flexibility index (Phi) is 4.34. The zero-order chi connectivity index (χ0) is 18.4. The molecule has 0 aliphatic heterocycles. The van der Waals surface area contributed by atoms with Crippen LogP contribution in [-0.2, 0) is 19.4 Å². The zero-order valence-electron chi connectivity index (χ0n) is 14.5. The maximum atomic E-state index is 13.3. The van der Waals surface area contributed by atoms with Gasteiger partial charge in [-0.3, -0.25) is 9.36 Å². The van der Waals surface area contributed by atoms with Crippen molar-refractivity contribution >= 4 is 54.9 Å². The van der Waals surface area contributed by atoms with Crippen molar-refractivity contribution in [3.8, 4) is 0 Å². The van der Waals surface area contributed by atoms with Crippen molar-refractivity contribution in [1.29, 1.82) is 0 Å². The molecular weight excluding hydrogens is 396 g/mol. The molecule has 4 aromatic heterocycles. The molecule has 5 rings (SSSR count). The minimum Gasteiger partial charge on any atom is -0.283 e. The smallest absolute Gasteiger partial charge is 0.263 e. The fraction of sp³-hybridized carbons (Fsp3) is 0.263. The largest absolute Gasteiger partial charge is 0.283 e. The van der Waals surface area contributed by atoms with Gasteiger partial charge in [0.25, 0.3) is 5.56 Å². The number of thiophene rings is 2. The van der Waals surface area contributed by atoms with E-state index in [2.05, 4.69) is 16.5 Å². The molecule has 0 saturated carbocycles. The van der Waals surface area contributed by atoms with Crippen molar-refractivity contribution in [2.75, 3.05) is 0 Å². The molecule has 1 aliphatic carbocycles. The molecule has 0 saturated heterocycles. The second-order valence-corrected chi connectivity index (χ2v) is 9.34. The Morgan fingerprint density at radius 2 is 2.15 bits per heavy atom. The molecule has 0 radical (unpaired) electrons. The Hall–Kier alpha value is -2.03. The van der Waals surface area contributed by atoms with Crippen LogP contribution >= 0.6 is 34.4 Å². The molecule has 0 amide bonds. The molecule has 136 valence electrons. The van der Waals surface area contributed by atoms with Crippen LogP contribution in [0.15, 0.2) is 45.4 Å². The van der Waals surface area contributed by atoms with Crippen LogP contribution in [0.5, 0.6) is 0 Å². The molecule has 0 fully saturated rings. The number of rotatable bonds is 4. The second-order valence-electron chi connectivity index (χ2n) is 6.41. The molecule has 5 nitrogen and oxygen atoms in total. The number of hydrogen-bond acceptors (Lipinski definition) is 7. The van der Waals surface area contributed by atoms with E-state index in [1.54, 1.807) is 39.6 Å². The van der Waals surface area contributed by atoms with Crippen molar-refractivity contribution < 1.29 is 0 Å². The van der Waals surface area contributed by atoms with Gasteiger partial charge in [-0.05, 0) is 54.5 Å². The summed E-state index contributed by atoms with van der Waals surface area (Å²) >= 11 is 4.69. The summed E-state index contributed by atoms with van der Waals surface area (Å²) in [5, 5.41) is 5.30. The fourth-order valence-electron chi connectivity index (χ4n) is 3.52. The van der Waals surface area contributed by atoms with Gasteiger partial charge in [0.2, 0.25) is 0 Å². The van der Waals surface area contributed by atoms with Crippen LogP contribution in [-0.4, -0.2) is 19.5 Å². The van der Waals surface area contributed by atoms with Crippen LogP contribution in [0.4, 0.5) is 0 Å². The van der Waals surface area contributed by atoms with Crippen LogP contribution < -0.4 is 5.56 Å². The van der Waals surface area contributed by atoms with Gasteiger partial charge in [0, 0.05) is 16.8 Å². The number of allylic oxidation sites excluding steroid dienone is 1. The van der Waals surface area contributed by atoms with Crippen LogP contribution in [0.1, 0.15) is 23.3 Å². The Bertz CT molecular complexity index is 1240. The molecule has 0 bridgehead atoms. The van der Waals surface area contributed by atoms with Gasteiger partial charge in [0.15, 0.2) is 5.16 Å². The van der Waals surface area contributed by atoms with Crippen LogP contribution in [0.25, 0.3) is 20.4 Å². The standard InChI is InChI=1S/C19H16N4OS3/c1-2-8-23-18(24)14-11-5-3-4-6-13(11)26-17(14)22-19(23)27-16-12-7-9-25-15(12)20-10-21-16/h2,7,9-10H,1,3-6,8H2. The first-order valence-electron chi connectivity index (χ1n) is 8.78. The second kappa shape index (κ2) is 6.85. The summed E-state index contributed by atoms with van der Waals surface area (Å²) in [6.45, 7) is 4.26. The maximum Gasteiger partial charge on any atom is 0.263 e. The van der Waals surface area contributed by atoms with E-state index in [-0.39, 0.29) is 5.56 Å². The summed E-state index contributed by atoms with van der Waals surface area (Å²) < 4.78 is 1.72. The van der Waals surface area contributed by atoms with Gasteiger partial charge in [-0.1, -0.05) is 6.08 Å². The highest BCUT2D eigenvalue weighted by Gasteiger charge is 2.22. The lowest BCUT2D eigenvalue weighted by molar-refractivity contribution is 0.668. The highest BCUT2D eigenvalue weighted by atomic mass is 32.2. The van der Waals surface area contributed by atoms with Gasteiger partial charge < -0.3 is 0 Å². The van der Waals surface area contributed by atoms with Crippen molar-refractivity contribution in [1.82, 2.24) is 19.5 Å². The van der Waals surface area contributed by atoms with Crippen LogP contribution in [0.3, 0.4) is 0 Å². The maximum absolute atomic E-state index is 13.3. The average Bonchev–Trinajstić information content (AvgIpc) is 3.29. The molecule has 8 heteroatoms. The van der Waals surface area contributed by atoms with Crippen molar-refractivity contribution in [2.24, 2.45) is 0 Å². The summed E-state index contributed by atoms with van der Waals surface area (Å²) in [7, 11) is 0. The van der Waals surface area contributed by atoms with E-state index in [9.17, 15) is 4.79 Å². The molecule has 0 spiro atoms. The number of fused-ring (bicyclic) bond motifs is 4.